The molecule has 27 heavy (non-hydrogen) atoms. The van der Waals surface area contributed by atoms with Crippen LogP contribution in [0, 0.1) is 10.1 Å². The van der Waals surface area contributed by atoms with Gasteiger partial charge in [-0.05, 0) is 38.6 Å². The van der Waals surface area contributed by atoms with E-state index in [1.54, 1.807) is 12.1 Å². The molecule has 144 valence electrons. The van der Waals surface area contributed by atoms with Crippen LogP contribution >= 0.6 is 11.8 Å². The van der Waals surface area contributed by atoms with Crippen molar-refractivity contribution in [3.05, 3.63) is 70.3 Å². The molecule has 0 heterocycles. The van der Waals surface area contributed by atoms with Crippen molar-refractivity contribution in [2.75, 3.05) is 19.3 Å². The van der Waals surface area contributed by atoms with Gasteiger partial charge < -0.3 is 5.32 Å². The molecule has 0 spiro atoms. The van der Waals surface area contributed by atoms with E-state index in [1.807, 2.05) is 39.1 Å². The van der Waals surface area contributed by atoms with Crippen LogP contribution in [0.4, 0.5) is 5.69 Å². The van der Waals surface area contributed by atoms with E-state index < -0.39 is 4.92 Å². The van der Waals surface area contributed by atoms with Crippen LogP contribution in [0.25, 0.3) is 0 Å². The van der Waals surface area contributed by atoms with Gasteiger partial charge >= 0.3 is 0 Å². The van der Waals surface area contributed by atoms with E-state index in [0.29, 0.717) is 0 Å². The van der Waals surface area contributed by atoms with Gasteiger partial charge in [0.15, 0.2) is 0 Å². The number of nitrogens with zero attached hydrogens (tertiary/aromatic N) is 2. The molecule has 0 aliphatic carbocycles. The van der Waals surface area contributed by atoms with Gasteiger partial charge in [-0.1, -0.05) is 30.3 Å². The van der Waals surface area contributed by atoms with Gasteiger partial charge in [-0.25, -0.2) is 0 Å². The maximum absolute atomic E-state index is 12.3. The maximum atomic E-state index is 12.3. The fourth-order valence-electron chi connectivity index (χ4n) is 2.89. The summed E-state index contributed by atoms with van der Waals surface area (Å²) in [5.74, 6) is 0.209. The SMILES string of the molecule is CN(Cc1ccccc1)CC(C)(C)NC(=O)CSc1ccc([N+](=O)[O-])cc1. The molecule has 0 aromatic heterocycles. The Balaban J connectivity index is 1.79. The molecule has 1 amide bonds. The van der Waals surface area contributed by atoms with Crippen LogP contribution in [0.5, 0.6) is 0 Å². The number of amides is 1. The molecule has 6 nitrogen and oxygen atoms in total. The zero-order chi connectivity index (χ0) is 19.9. The van der Waals surface area contributed by atoms with Crippen molar-refractivity contribution in [3.63, 3.8) is 0 Å². The average Bonchev–Trinajstić information content (AvgIpc) is 2.60. The van der Waals surface area contributed by atoms with E-state index in [2.05, 4.69) is 22.3 Å². The molecule has 0 radical (unpaired) electrons. The van der Waals surface area contributed by atoms with E-state index >= 15 is 0 Å². The molecule has 0 bridgehead atoms. The minimum atomic E-state index is -0.435. The third-order valence-corrected chi connectivity index (χ3v) is 4.87. The van der Waals surface area contributed by atoms with Gasteiger partial charge in [-0.2, -0.15) is 0 Å². The molecule has 0 saturated heterocycles. The summed E-state index contributed by atoms with van der Waals surface area (Å²) in [7, 11) is 2.03. The highest BCUT2D eigenvalue weighted by atomic mass is 32.2. The lowest BCUT2D eigenvalue weighted by Gasteiger charge is -2.31. The predicted molar refractivity (Wildman–Crippen MR) is 109 cm³/mol. The van der Waals surface area contributed by atoms with E-state index in [0.717, 1.165) is 18.0 Å². The molecule has 7 heteroatoms. The first-order valence-corrected chi connectivity index (χ1v) is 9.64. The van der Waals surface area contributed by atoms with Crippen LogP contribution < -0.4 is 5.32 Å². The molecular formula is C20H25N3O3S. The van der Waals surface area contributed by atoms with Crippen molar-refractivity contribution in [2.24, 2.45) is 0 Å². The minimum absolute atomic E-state index is 0.0476. The number of carbonyl (C=O) groups excluding carboxylic acids is 1. The topological polar surface area (TPSA) is 75.5 Å². The number of nitro benzene ring substituents is 1. The smallest absolute Gasteiger partial charge is 0.269 e. The average molecular weight is 388 g/mol. The second kappa shape index (κ2) is 9.53. The lowest BCUT2D eigenvalue weighted by molar-refractivity contribution is -0.384. The number of benzene rings is 2. The third-order valence-electron chi connectivity index (χ3n) is 3.86. The number of hydrogen-bond acceptors (Lipinski definition) is 5. The summed E-state index contributed by atoms with van der Waals surface area (Å²) < 4.78 is 0. The summed E-state index contributed by atoms with van der Waals surface area (Å²) in [5, 5.41) is 13.7. The molecular weight excluding hydrogens is 362 g/mol. The van der Waals surface area contributed by atoms with Crippen molar-refractivity contribution in [2.45, 2.75) is 30.8 Å². The highest BCUT2D eigenvalue weighted by Gasteiger charge is 2.22. The molecule has 0 aliphatic heterocycles. The Morgan fingerprint density at radius 1 is 1.15 bits per heavy atom. The number of likely N-dealkylation sites (N-methyl/N-ethyl adjacent to an activating group) is 1. The molecule has 0 saturated carbocycles. The number of nitrogens with one attached hydrogen (secondary N) is 1. The number of non-ortho nitro benzene ring substituents is 1. The van der Waals surface area contributed by atoms with Crippen LogP contribution in [0.15, 0.2) is 59.5 Å². The lowest BCUT2D eigenvalue weighted by Crippen LogP contribution is -2.51. The zero-order valence-corrected chi connectivity index (χ0v) is 16.7. The number of thioether (sulfide) groups is 1. The van der Waals surface area contributed by atoms with E-state index in [4.69, 9.17) is 0 Å². The molecule has 0 atom stereocenters. The van der Waals surface area contributed by atoms with Crippen molar-refractivity contribution in [1.82, 2.24) is 10.2 Å². The largest absolute Gasteiger partial charge is 0.349 e. The maximum Gasteiger partial charge on any atom is 0.269 e. The Bertz CT molecular complexity index is 764. The van der Waals surface area contributed by atoms with E-state index in [9.17, 15) is 14.9 Å². The quantitative estimate of drug-likeness (QED) is 0.403. The normalized spacial score (nSPS) is 11.4. The molecule has 0 fully saturated rings. The fourth-order valence-corrected chi connectivity index (χ4v) is 3.59. The summed E-state index contributed by atoms with van der Waals surface area (Å²) in [4.78, 5) is 25.5. The molecule has 2 rings (SSSR count). The summed E-state index contributed by atoms with van der Waals surface area (Å²) in [5.41, 5.74) is 0.915. The summed E-state index contributed by atoms with van der Waals surface area (Å²) in [6, 6.07) is 16.4. The van der Waals surface area contributed by atoms with Gasteiger partial charge in [0.05, 0.1) is 10.7 Å². The highest BCUT2D eigenvalue weighted by molar-refractivity contribution is 8.00. The Morgan fingerprint density at radius 3 is 2.37 bits per heavy atom. The van der Waals surface area contributed by atoms with Crippen LogP contribution in [0.1, 0.15) is 19.4 Å². The highest BCUT2D eigenvalue weighted by Crippen LogP contribution is 2.21. The van der Waals surface area contributed by atoms with Crippen molar-refractivity contribution >= 4 is 23.4 Å². The standard InChI is InChI=1S/C20H25N3O3S/c1-20(2,15-22(3)13-16-7-5-4-6-8-16)21-19(24)14-27-18-11-9-17(10-12-18)23(25)26/h4-12H,13-15H2,1-3H3,(H,21,24). The van der Waals surface area contributed by atoms with Crippen molar-refractivity contribution in [1.29, 1.82) is 0 Å². The van der Waals surface area contributed by atoms with Gasteiger partial charge in [-0.15, -0.1) is 11.8 Å². The first-order valence-electron chi connectivity index (χ1n) is 8.66. The number of carbonyl (C=O) groups is 1. The van der Waals surface area contributed by atoms with Crippen molar-refractivity contribution in [3.8, 4) is 0 Å². The van der Waals surface area contributed by atoms with Crippen LogP contribution in [0.2, 0.25) is 0 Å². The zero-order valence-electron chi connectivity index (χ0n) is 15.8. The molecule has 0 unspecified atom stereocenters. The van der Waals surface area contributed by atoms with Crippen LogP contribution in [0.3, 0.4) is 0 Å². The first-order chi connectivity index (χ1) is 12.7. The second-order valence-corrected chi connectivity index (χ2v) is 8.18. The Hall–Kier alpha value is -2.38. The van der Waals surface area contributed by atoms with Crippen molar-refractivity contribution < 1.29 is 9.72 Å². The minimum Gasteiger partial charge on any atom is -0.349 e. The molecule has 0 aliphatic rings. The predicted octanol–water partition coefficient (Wildman–Crippen LogP) is 3.71. The number of rotatable bonds is 9. The second-order valence-electron chi connectivity index (χ2n) is 7.13. The van der Waals surface area contributed by atoms with E-state index in [-0.39, 0.29) is 22.9 Å². The van der Waals surface area contributed by atoms with Gasteiger partial charge in [-0.3, -0.25) is 19.8 Å². The van der Waals surface area contributed by atoms with Gasteiger partial charge in [0, 0.05) is 35.7 Å². The monoisotopic (exact) mass is 387 g/mol. The van der Waals surface area contributed by atoms with E-state index in [1.165, 1.54) is 29.5 Å². The van der Waals surface area contributed by atoms with Gasteiger partial charge in [0.1, 0.15) is 0 Å². The summed E-state index contributed by atoms with van der Waals surface area (Å²) >= 11 is 1.36. The lowest BCUT2D eigenvalue weighted by atomic mass is 10.0. The van der Waals surface area contributed by atoms with Gasteiger partial charge in [0.2, 0.25) is 5.91 Å². The third kappa shape index (κ3) is 7.40. The number of hydrogen-bond donors (Lipinski definition) is 1. The summed E-state index contributed by atoms with van der Waals surface area (Å²) in [6.45, 7) is 5.54. The van der Waals surface area contributed by atoms with Gasteiger partial charge in [0.25, 0.3) is 5.69 Å². The fraction of sp³-hybridized carbons (Fsp3) is 0.350. The first kappa shape index (κ1) is 20.9. The molecule has 1 N–H and O–H groups in total. The molecule has 2 aromatic rings. The number of nitro groups is 1. The Morgan fingerprint density at radius 2 is 1.78 bits per heavy atom. The van der Waals surface area contributed by atoms with Crippen LogP contribution in [-0.2, 0) is 11.3 Å². The molecule has 2 aromatic carbocycles. The Kier molecular flexibility index (Phi) is 7.38. The van der Waals surface area contributed by atoms with Crippen LogP contribution in [-0.4, -0.2) is 40.6 Å². The summed E-state index contributed by atoms with van der Waals surface area (Å²) in [6.07, 6.45) is 0. The Labute approximate surface area is 164 Å².